The third kappa shape index (κ3) is 4.90. The normalized spacial score (nSPS) is 12.2. The van der Waals surface area contributed by atoms with E-state index in [1.165, 1.54) is 0 Å². The minimum Gasteiger partial charge on any atom is -0.335 e. The van der Waals surface area contributed by atoms with Crippen LogP contribution in [0, 0.1) is 0 Å². The van der Waals surface area contributed by atoms with Crippen LogP contribution in [0.15, 0.2) is 35.5 Å². The summed E-state index contributed by atoms with van der Waals surface area (Å²) in [6.45, 7) is 6.08. The second kappa shape index (κ2) is 7.56. The van der Waals surface area contributed by atoms with Gasteiger partial charge in [0, 0.05) is 12.1 Å². The van der Waals surface area contributed by atoms with Gasteiger partial charge >= 0.3 is 6.18 Å². The van der Waals surface area contributed by atoms with Crippen molar-refractivity contribution in [1.82, 2.24) is 19.8 Å². The van der Waals surface area contributed by atoms with Gasteiger partial charge in [-0.2, -0.15) is 13.2 Å². The Hall–Kier alpha value is -2.23. The first-order valence-electron chi connectivity index (χ1n) is 7.75. The van der Waals surface area contributed by atoms with Gasteiger partial charge in [-0.25, -0.2) is 4.68 Å². The van der Waals surface area contributed by atoms with E-state index in [4.69, 9.17) is 5.84 Å². The van der Waals surface area contributed by atoms with Crippen LogP contribution in [0.3, 0.4) is 0 Å². The molecule has 0 aliphatic carbocycles. The van der Waals surface area contributed by atoms with Crippen LogP contribution in [0.1, 0.15) is 32.2 Å². The lowest BCUT2D eigenvalue weighted by molar-refractivity contribution is -0.146. The average molecular weight is 387 g/mol. The lowest BCUT2D eigenvalue weighted by Gasteiger charge is -2.36. The predicted octanol–water partition coefficient (Wildman–Crippen LogP) is 2.93. The molecule has 26 heavy (non-hydrogen) atoms. The summed E-state index contributed by atoms with van der Waals surface area (Å²) in [5, 5.41) is 6.30. The summed E-state index contributed by atoms with van der Waals surface area (Å²) in [5.41, 5.74) is 0.503. The van der Waals surface area contributed by atoms with Crippen molar-refractivity contribution in [1.29, 1.82) is 0 Å². The fourth-order valence-corrected chi connectivity index (χ4v) is 2.97. The number of nitrogens with two attached hydrogens (primary N) is 1. The first-order valence-corrected chi connectivity index (χ1v) is 8.73. The highest BCUT2D eigenvalue weighted by molar-refractivity contribution is 7.99. The molecule has 0 fully saturated rings. The zero-order valence-electron chi connectivity index (χ0n) is 14.6. The van der Waals surface area contributed by atoms with Gasteiger partial charge in [0.2, 0.25) is 11.1 Å². The largest absolute Gasteiger partial charge is 0.453 e. The molecule has 0 saturated heterocycles. The molecule has 0 aliphatic rings. The standard InChI is InChI=1S/C16H20F3N5OS/c1-15(2,3)23(9-11-7-5-4-6-8-11)12(25)10-26-14-22-21-13(24(14)20)16(17,18)19/h4-8H,9-10,20H2,1-3H3. The molecule has 0 spiro atoms. The van der Waals surface area contributed by atoms with E-state index in [-0.39, 0.29) is 16.8 Å². The molecule has 1 aromatic carbocycles. The Morgan fingerprint density at radius 1 is 1.19 bits per heavy atom. The number of carbonyl (C=O) groups is 1. The molecular weight excluding hydrogens is 367 g/mol. The average Bonchev–Trinajstić information content (AvgIpc) is 2.91. The number of halogens is 3. The molecule has 0 atom stereocenters. The SMILES string of the molecule is CC(C)(C)N(Cc1ccccc1)C(=O)CSc1nnc(C(F)(F)F)n1N. The molecule has 2 rings (SSSR count). The first kappa shape index (κ1) is 20.1. The minimum atomic E-state index is -4.70. The lowest BCUT2D eigenvalue weighted by atomic mass is 10.0. The number of carbonyl (C=O) groups excluding carboxylic acids is 1. The van der Waals surface area contributed by atoms with Gasteiger partial charge in [0.15, 0.2) is 0 Å². The number of nitrogen functional groups attached to an aromatic ring is 1. The molecule has 0 saturated carbocycles. The van der Waals surface area contributed by atoms with Crippen molar-refractivity contribution in [3.05, 3.63) is 41.7 Å². The van der Waals surface area contributed by atoms with Gasteiger partial charge in [-0.15, -0.1) is 10.2 Å². The van der Waals surface area contributed by atoms with Crippen molar-refractivity contribution < 1.29 is 18.0 Å². The van der Waals surface area contributed by atoms with Crippen LogP contribution in [-0.2, 0) is 17.5 Å². The molecule has 0 bridgehead atoms. The Labute approximate surface area is 153 Å². The summed E-state index contributed by atoms with van der Waals surface area (Å²) in [6.07, 6.45) is -4.70. The van der Waals surface area contributed by atoms with E-state index < -0.39 is 17.5 Å². The molecule has 142 valence electrons. The second-order valence-electron chi connectivity index (χ2n) is 6.60. The number of rotatable bonds is 5. The molecule has 10 heteroatoms. The zero-order chi connectivity index (χ0) is 19.5. The third-order valence-corrected chi connectivity index (χ3v) is 4.46. The summed E-state index contributed by atoms with van der Waals surface area (Å²) in [4.78, 5) is 14.3. The quantitative estimate of drug-likeness (QED) is 0.631. The van der Waals surface area contributed by atoms with Crippen LogP contribution >= 0.6 is 11.8 Å². The van der Waals surface area contributed by atoms with Crippen molar-refractivity contribution in [2.24, 2.45) is 0 Å². The number of amides is 1. The van der Waals surface area contributed by atoms with Crippen LogP contribution in [0.5, 0.6) is 0 Å². The second-order valence-corrected chi connectivity index (χ2v) is 7.54. The van der Waals surface area contributed by atoms with E-state index in [9.17, 15) is 18.0 Å². The summed E-state index contributed by atoms with van der Waals surface area (Å²) < 4.78 is 38.5. The molecule has 0 radical (unpaired) electrons. The highest BCUT2D eigenvalue weighted by Crippen LogP contribution is 2.29. The van der Waals surface area contributed by atoms with Crippen molar-refractivity contribution in [2.75, 3.05) is 11.6 Å². The van der Waals surface area contributed by atoms with Crippen LogP contribution in [-0.4, -0.2) is 37.0 Å². The van der Waals surface area contributed by atoms with Crippen molar-refractivity contribution >= 4 is 17.7 Å². The van der Waals surface area contributed by atoms with Crippen molar-refractivity contribution in [3.8, 4) is 0 Å². The summed E-state index contributed by atoms with van der Waals surface area (Å²) in [5.74, 6) is 3.75. The predicted molar refractivity (Wildman–Crippen MR) is 92.6 cm³/mol. The van der Waals surface area contributed by atoms with Gasteiger partial charge in [0.05, 0.1) is 5.75 Å². The van der Waals surface area contributed by atoms with Crippen LogP contribution in [0.2, 0.25) is 0 Å². The van der Waals surface area contributed by atoms with E-state index in [0.717, 1.165) is 17.3 Å². The van der Waals surface area contributed by atoms with Gasteiger partial charge in [-0.1, -0.05) is 42.1 Å². The van der Waals surface area contributed by atoms with Gasteiger partial charge in [-0.05, 0) is 26.3 Å². The lowest BCUT2D eigenvalue weighted by Crippen LogP contribution is -2.46. The van der Waals surface area contributed by atoms with E-state index >= 15 is 0 Å². The number of alkyl halides is 3. The maximum absolute atomic E-state index is 12.7. The molecule has 2 aromatic rings. The Morgan fingerprint density at radius 2 is 1.81 bits per heavy atom. The number of hydrogen-bond donors (Lipinski definition) is 1. The smallest absolute Gasteiger partial charge is 0.335 e. The number of aromatic nitrogens is 3. The highest BCUT2D eigenvalue weighted by atomic mass is 32.2. The molecular formula is C16H20F3N5OS. The fourth-order valence-electron chi connectivity index (χ4n) is 2.24. The maximum Gasteiger partial charge on any atom is 0.453 e. The Balaban J connectivity index is 2.10. The van der Waals surface area contributed by atoms with Gasteiger partial charge < -0.3 is 10.7 Å². The first-order chi connectivity index (χ1) is 12.0. The Bertz CT molecular complexity index is 755. The van der Waals surface area contributed by atoms with E-state index in [1.807, 2.05) is 51.1 Å². The third-order valence-electron chi connectivity index (χ3n) is 3.54. The summed E-state index contributed by atoms with van der Waals surface area (Å²) >= 11 is 0.820. The monoisotopic (exact) mass is 387 g/mol. The Morgan fingerprint density at radius 3 is 2.31 bits per heavy atom. The van der Waals surface area contributed by atoms with Gasteiger partial charge in [0.25, 0.3) is 5.82 Å². The molecule has 1 amide bonds. The molecule has 1 heterocycles. The van der Waals surface area contributed by atoms with Crippen LogP contribution in [0.4, 0.5) is 13.2 Å². The number of benzene rings is 1. The molecule has 1 aromatic heterocycles. The number of nitrogens with zero attached hydrogens (tertiary/aromatic N) is 4. The number of thioether (sulfide) groups is 1. The van der Waals surface area contributed by atoms with Crippen LogP contribution in [0.25, 0.3) is 0 Å². The van der Waals surface area contributed by atoms with Gasteiger partial charge in [-0.3, -0.25) is 4.79 Å². The summed E-state index contributed by atoms with van der Waals surface area (Å²) in [6, 6.07) is 9.46. The van der Waals surface area contributed by atoms with Crippen molar-refractivity contribution in [2.45, 2.75) is 44.2 Å². The summed E-state index contributed by atoms with van der Waals surface area (Å²) in [7, 11) is 0. The topological polar surface area (TPSA) is 77.0 Å². The van der Waals surface area contributed by atoms with E-state index in [0.29, 0.717) is 11.2 Å². The molecule has 0 unspecified atom stereocenters. The zero-order valence-corrected chi connectivity index (χ0v) is 15.4. The fraction of sp³-hybridized carbons (Fsp3) is 0.438. The Kier molecular flexibility index (Phi) is 5.84. The van der Waals surface area contributed by atoms with E-state index in [2.05, 4.69) is 10.2 Å². The van der Waals surface area contributed by atoms with E-state index in [1.54, 1.807) is 4.90 Å². The molecule has 6 nitrogen and oxygen atoms in total. The minimum absolute atomic E-state index is 0.0999. The molecule has 0 aliphatic heterocycles. The van der Waals surface area contributed by atoms with Crippen molar-refractivity contribution in [3.63, 3.8) is 0 Å². The number of hydrogen-bond acceptors (Lipinski definition) is 5. The maximum atomic E-state index is 12.7. The highest BCUT2D eigenvalue weighted by Gasteiger charge is 2.38. The molecule has 2 N–H and O–H groups in total. The van der Waals surface area contributed by atoms with Gasteiger partial charge in [0.1, 0.15) is 0 Å². The van der Waals surface area contributed by atoms with Crippen LogP contribution < -0.4 is 5.84 Å².